The van der Waals surface area contributed by atoms with Gasteiger partial charge in [0.1, 0.15) is 5.54 Å². The van der Waals surface area contributed by atoms with Gasteiger partial charge in [0, 0.05) is 18.8 Å². The zero-order chi connectivity index (χ0) is 11.4. The molecule has 1 saturated heterocycles. The summed E-state index contributed by atoms with van der Waals surface area (Å²) in [5.41, 5.74) is 4.26. The Hall–Kier alpha value is -0.300. The van der Waals surface area contributed by atoms with Gasteiger partial charge in [-0.2, -0.15) is 0 Å². The number of rotatable bonds is 1. The number of nitrogens with zero attached hydrogens (tertiary/aromatic N) is 1. The lowest BCUT2D eigenvalue weighted by Gasteiger charge is -2.48. The van der Waals surface area contributed by atoms with E-state index in [-0.39, 0.29) is 0 Å². The summed E-state index contributed by atoms with van der Waals surface area (Å²) in [4.78, 5) is 0. The Balaban J connectivity index is 2.02. The van der Waals surface area contributed by atoms with Gasteiger partial charge < -0.3 is 4.48 Å². The van der Waals surface area contributed by atoms with E-state index in [1.54, 1.807) is 0 Å². The third-order valence-corrected chi connectivity index (χ3v) is 6.01. The molecule has 3 aliphatic rings. The number of quaternary nitrogens is 1. The van der Waals surface area contributed by atoms with Crippen LogP contribution in [0.15, 0.2) is 11.1 Å². The quantitative estimate of drug-likeness (QED) is 0.468. The normalized spacial score (nSPS) is 47.1. The summed E-state index contributed by atoms with van der Waals surface area (Å²) in [6.07, 6.45) is 8.51. The molecule has 0 aromatic rings. The van der Waals surface area contributed by atoms with Crippen LogP contribution in [-0.2, 0) is 0 Å². The molecule has 0 spiro atoms. The predicted molar refractivity (Wildman–Crippen MR) is 68.2 cm³/mol. The van der Waals surface area contributed by atoms with Crippen molar-refractivity contribution in [3.63, 3.8) is 0 Å². The Kier molecular flexibility index (Phi) is 2.27. The van der Waals surface area contributed by atoms with Crippen LogP contribution in [0.4, 0.5) is 0 Å². The highest BCUT2D eigenvalue weighted by atomic mass is 15.4. The van der Waals surface area contributed by atoms with Gasteiger partial charge in [0.2, 0.25) is 0 Å². The lowest BCUT2D eigenvalue weighted by Crippen LogP contribution is -2.59. The molecule has 0 saturated carbocycles. The second kappa shape index (κ2) is 3.35. The Morgan fingerprint density at radius 2 is 2.12 bits per heavy atom. The van der Waals surface area contributed by atoms with Crippen LogP contribution < -0.4 is 0 Å². The summed E-state index contributed by atoms with van der Waals surface area (Å²) < 4.78 is 1.35. The molecule has 0 unspecified atom stereocenters. The van der Waals surface area contributed by atoms with E-state index >= 15 is 0 Å². The molecule has 90 valence electrons. The SMILES string of the molecule is CC[C@H]1C[C@]2(C)C3=C(CCC3)CC[N@@+]2(C)C1. The van der Waals surface area contributed by atoms with Gasteiger partial charge in [-0.05, 0) is 38.2 Å². The summed E-state index contributed by atoms with van der Waals surface area (Å²) >= 11 is 0. The van der Waals surface area contributed by atoms with E-state index in [9.17, 15) is 0 Å². The maximum Gasteiger partial charge on any atom is 0.118 e. The van der Waals surface area contributed by atoms with Gasteiger partial charge in [-0.15, -0.1) is 0 Å². The van der Waals surface area contributed by atoms with Crippen LogP contribution in [0.5, 0.6) is 0 Å². The molecule has 2 aliphatic heterocycles. The summed E-state index contributed by atoms with van der Waals surface area (Å²) in [7, 11) is 2.53. The zero-order valence-electron chi connectivity index (χ0n) is 11.2. The molecule has 0 aromatic heterocycles. The first-order valence-electron chi connectivity index (χ1n) is 7.15. The fourth-order valence-corrected chi connectivity index (χ4v) is 4.79. The summed E-state index contributed by atoms with van der Waals surface area (Å²) in [5.74, 6) is 0.974. The number of fused-ring (bicyclic) bond motifs is 2. The van der Waals surface area contributed by atoms with E-state index in [0.29, 0.717) is 5.54 Å². The highest BCUT2D eigenvalue weighted by Gasteiger charge is 2.57. The monoisotopic (exact) mass is 220 g/mol. The van der Waals surface area contributed by atoms with Gasteiger partial charge in [-0.1, -0.05) is 12.5 Å². The van der Waals surface area contributed by atoms with Gasteiger partial charge >= 0.3 is 0 Å². The summed E-state index contributed by atoms with van der Waals surface area (Å²) in [6, 6.07) is 0. The van der Waals surface area contributed by atoms with Crippen molar-refractivity contribution in [2.24, 2.45) is 5.92 Å². The van der Waals surface area contributed by atoms with E-state index < -0.39 is 0 Å². The molecule has 0 amide bonds. The van der Waals surface area contributed by atoms with E-state index in [0.717, 1.165) is 5.92 Å². The molecule has 1 aliphatic carbocycles. The molecule has 3 atom stereocenters. The number of likely N-dealkylation sites (N-methyl/N-ethyl adjacent to an activating group) is 1. The van der Waals surface area contributed by atoms with Crippen molar-refractivity contribution in [2.45, 2.75) is 57.9 Å². The van der Waals surface area contributed by atoms with E-state index in [1.165, 1.54) is 56.1 Å². The van der Waals surface area contributed by atoms with Gasteiger partial charge in [0.25, 0.3) is 0 Å². The fourth-order valence-electron chi connectivity index (χ4n) is 4.79. The van der Waals surface area contributed by atoms with Crippen molar-refractivity contribution in [1.29, 1.82) is 0 Å². The molecule has 2 heterocycles. The first-order valence-corrected chi connectivity index (χ1v) is 7.15. The van der Waals surface area contributed by atoms with Crippen LogP contribution >= 0.6 is 0 Å². The number of hydrogen-bond acceptors (Lipinski definition) is 0. The van der Waals surface area contributed by atoms with Crippen LogP contribution in [-0.4, -0.2) is 30.2 Å². The van der Waals surface area contributed by atoms with E-state index in [2.05, 4.69) is 20.9 Å². The second-order valence-corrected chi connectivity index (χ2v) is 6.74. The highest BCUT2D eigenvalue weighted by molar-refractivity contribution is 5.31. The van der Waals surface area contributed by atoms with Crippen molar-refractivity contribution in [2.75, 3.05) is 20.1 Å². The van der Waals surface area contributed by atoms with Crippen LogP contribution in [0, 0.1) is 5.92 Å². The standard InChI is InChI=1S/C15H26N/c1-4-12-10-15(2)14-7-5-6-13(14)8-9-16(15,3)11-12/h12H,4-11H2,1-3H3/q+1/t12-,15+,16-/m0/s1. The van der Waals surface area contributed by atoms with Crippen molar-refractivity contribution in [3.05, 3.63) is 11.1 Å². The summed E-state index contributed by atoms with van der Waals surface area (Å²) in [5, 5.41) is 0. The molecule has 1 nitrogen and oxygen atoms in total. The molecule has 0 aromatic carbocycles. The smallest absolute Gasteiger partial charge is 0.118 e. The van der Waals surface area contributed by atoms with E-state index in [4.69, 9.17) is 0 Å². The number of hydrogen-bond donors (Lipinski definition) is 0. The van der Waals surface area contributed by atoms with Gasteiger partial charge in [0.05, 0.1) is 20.1 Å². The average Bonchev–Trinajstić information content (AvgIpc) is 2.81. The third kappa shape index (κ3) is 1.21. The Labute approximate surface area is 100 Å². The molecule has 16 heavy (non-hydrogen) atoms. The third-order valence-electron chi connectivity index (χ3n) is 6.01. The topological polar surface area (TPSA) is 0 Å². The molecule has 0 bridgehead atoms. The Morgan fingerprint density at radius 3 is 2.88 bits per heavy atom. The van der Waals surface area contributed by atoms with E-state index in [1.807, 2.05) is 11.1 Å². The first-order chi connectivity index (χ1) is 7.59. The van der Waals surface area contributed by atoms with Gasteiger partial charge in [-0.3, -0.25) is 0 Å². The summed E-state index contributed by atoms with van der Waals surface area (Å²) in [6.45, 7) is 7.79. The van der Waals surface area contributed by atoms with Crippen molar-refractivity contribution in [3.8, 4) is 0 Å². The van der Waals surface area contributed by atoms with Gasteiger partial charge in [-0.25, -0.2) is 0 Å². The van der Waals surface area contributed by atoms with Gasteiger partial charge in [0.15, 0.2) is 0 Å². The van der Waals surface area contributed by atoms with Crippen LogP contribution in [0.1, 0.15) is 52.4 Å². The van der Waals surface area contributed by atoms with Crippen LogP contribution in [0.3, 0.4) is 0 Å². The highest BCUT2D eigenvalue weighted by Crippen LogP contribution is 2.52. The molecular formula is C15H26N+. The minimum absolute atomic E-state index is 0.519. The maximum atomic E-state index is 2.57. The largest absolute Gasteiger partial charge is 0.317 e. The Bertz CT molecular complexity index is 343. The zero-order valence-corrected chi connectivity index (χ0v) is 11.2. The fraction of sp³-hybridized carbons (Fsp3) is 0.867. The molecule has 1 heteroatoms. The first kappa shape index (κ1) is 10.8. The minimum atomic E-state index is 0.519. The molecule has 0 N–H and O–H groups in total. The lowest BCUT2D eigenvalue weighted by molar-refractivity contribution is -0.941. The van der Waals surface area contributed by atoms with Crippen LogP contribution in [0.25, 0.3) is 0 Å². The molecule has 3 rings (SSSR count). The average molecular weight is 220 g/mol. The minimum Gasteiger partial charge on any atom is -0.317 e. The van der Waals surface area contributed by atoms with Crippen molar-refractivity contribution >= 4 is 0 Å². The maximum absolute atomic E-state index is 2.57. The lowest BCUT2D eigenvalue weighted by atomic mass is 9.79. The second-order valence-electron chi connectivity index (χ2n) is 6.74. The molecule has 0 radical (unpaired) electrons. The van der Waals surface area contributed by atoms with Crippen molar-refractivity contribution in [1.82, 2.24) is 0 Å². The van der Waals surface area contributed by atoms with Crippen LogP contribution in [0.2, 0.25) is 0 Å². The predicted octanol–water partition coefficient (Wildman–Crippen LogP) is 3.51. The van der Waals surface area contributed by atoms with Crippen molar-refractivity contribution < 1.29 is 4.48 Å². The molecular weight excluding hydrogens is 194 g/mol. The molecule has 1 fully saturated rings. The Morgan fingerprint density at radius 1 is 1.31 bits per heavy atom.